The molecule has 90 valence electrons. The van der Waals surface area contributed by atoms with Crippen LogP contribution in [-0.4, -0.2) is 25.1 Å². The van der Waals surface area contributed by atoms with E-state index in [4.69, 9.17) is 0 Å². The van der Waals surface area contributed by atoms with Gasteiger partial charge in [-0.15, -0.1) is 0 Å². The van der Waals surface area contributed by atoms with E-state index in [9.17, 15) is 4.39 Å². The lowest BCUT2D eigenvalue weighted by atomic mass is 9.96. The van der Waals surface area contributed by atoms with Gasteiger partial charge in [0.25, 0.3) is 0 Å². The van der Waals surface area contributed by atoms with Gasteiger partial charge in [0, 0.05) is 6.54 Å². The Balaban J connectivity index is 2.57. The first kappa shape index (κ1) is 13.5. The van der Waals surface area contributed by atoms with Gasteiger partial charge in [0.1, 0.15) is 5.82 Å². The van der Waals surface area contributed by atoms with E-state index in [0.717, 1.165) is 18.7 Å². The lowest BCUT2D eigenvalue weighted by Gasteiger charge is -2.16. The van der Waals surface area contributed by atoms with Crippen LogP contribution in [0.25, 0.3) is 0 Å². The number of halogens is 1. The molecule has 1 unspecified atom stereocenters. The Kier molecular flexibility index (Phi) is 6.50. The van der Waals surface area contributed by atoms with Gasteiger partial charge in [-0.25, -0.2) is 4.39 Å². The number of thioether (sulfide) groups is 1. The first-order valence-electron chi connectivity index (χ1n) is 5.75. The van der Waals surface area contributed by atoms with Crippen molar-refractivity contribution >= 4 is 11.8 Å². The third-order valence-electron chi connectivity index (χ3n) is 2.61. The summed E-state index contributed by atoms with van der Waals surface area (Å²) in [6, 6.07) is 6.89. The van der Waals surface area contributed by atoms with Crippen LogP contribution in [-0.2, 0) is 0 Å². The number of nitrogens with one attached hydrogen (secondary N) is 1. The molecule has 0 aliphatic carbocycles. The van der Waals surface area contributed by atoms with E-state index in [1.54, 1.807) is 12.1 Å². The Bertz CT molecular complexity index is 286. The van der Waals surface area contributed by atoms with Crippen LogP contribution in [0.3, 0.4) is 0 Å². The second-order valence-electron chi connectivity index (χ2n) is 3.79. The van der Waals surface area contributed by atoms with Gasteiger partial charge in [-0.1, -0.05) is 19.1 Å². The zero-order valence-electron chi connectivity index (χ0n) is 10.0. The molecule has 0 fully saturated rings. The maximum Gasteiger partial charge on any atom is 0.123 e. The summed E-state index contributed by atoms with van der Waals surface area (Å²) in [7, 11) is 1.96. The van der Waals surface area contributed by atoms with E-state index < -0.39 is 0 Å². The highest BCUT2D eigenvalue weighted by Crippen LogP contribution is 2.21. The molecule has 0 aliphatic heterocycles. The summed E-state index contributed by atoms with van der Waals surface area (Å²) in [6.45, 7) is 3.13. The molecule has 1 aromatic carbocycles. The molecule has 0 heterocycles. The van der Waals surface area contributed by atoms with Crippen molar-refractivity contribution in [3.8, 4) is 0 Å². The van der Waals surface area contributed by atoms with Gasteiger partial charge in [-0.3, -0.25) is 0 Å². The lowest BCUT2D eigenvalue weighted by Crippen LogP contribution is -2.18. The molecule has 1 atom stereocenters. The summed E-state index contributed by atoms with van der Waals surface area (Å²) in [5.74, 6) is 2.66. The molecule has 0 spiro atoms. The molecule has 0 aliphatic rings. The normalized spacial score (nSPS) is 12.7. The molecule has 0 amide bonds. The summed E-state index contributed by atoms with van der Waals surface area (Å²) in [5, 5.41) is 3.20. The van der Waals surface area contributed by atoms with Gasteiger partial charge in [0.2, 0.25) is 0 Å². The third-order valence-corrected chi connectivity index (χ3v) is 3.54. The average Bonchev–Trinajstić information content (AvgIpc) is 2.29. The Labute approximate surface area is 102 Å². The van der Waals surface area contributed by atoms with E-state index in [0.29, 0.717) is 5.92 Å². The van der Waals surface area contributed by atoms with Gasteiger partial charge in [0.05, 0.1) is 0 Å². The van der Waals surface area contributed by atoms with E-state index in [1.807, 2.05) is 30.9 Å². The predicted octanol–water partition coefficient (Wildman–Crippen LogP) is 3.27. The van der Waals surface area contributed by atoms with Crippen LogP contribution in [0.1, 0.15) is 24.8 Å². The van der Waals surface area contributed by atoms with Crippen molar-refractivity contribution in [3.05, 3.63) is 35.6 Å². The Hall–Kier alpha value is -0.540. The monoisotopic (exact) mass is 241 g/mol. The molecule has 0 saturated carbocycles. The fourth-order valence-electron chi connectivity index (χ4n) is 1.74. The first-order valence-corrected chi connectivity index (χ1v) is 6.91. The van der Waals surface area contributed by atoms with Crippen molar-refractivity contribution in [2.24, 2.45) is 0 Å². The molecule has 0 radical (unpaired) electrons. The smallest absolute Gasteiger partial charge is 0.123 e. The van der Waals surface area contributed by atoms with Gasteiger partial charge in [-0.2, -0.15) is 11.8 Å². The summed E-state index contributed by atoms with van der Waals surface area (Å²) in [6.07, 6.45) is 1.14. The van der Waals surface area contributed by atoms with Gasteiger partial charge in [0.15, 0.2) is 0 Å². The van der Waals surface area contributed by atoms with Crippen LogP contribution in [0, 0.1) is 5.82 Å². The van der Waals surface area contributed by atoms with Crippen molar-refractivity contribution in [2.45, 2.75) is 19.3 Å². The van der Waals surface area contributed by atoms with Crippen LogP contribution in [0.15, 0.2) is 24.3 Å². The van der Waals surface area contributed by atoms with E-state index in [2.05, 4.69) is 12.2 Å². The van der Waals surface area contributed by atoms with Crippen LogP contribution in [0.5, 0.6) is 0 Å². The highest BCUT2D eigenvalue weighted by atomic mass is 32.2. The van der Waals surface area contributed by atoms with E-state index in [1.165, 1.54) is 11.3 Å². The van der Waals surface area contributed by atoms with Crippen molar-refractivity contribution in [1.29, 1.82) is 0 Å². The molecule has 1 aromatic rings. The molecule has 16 heavy (non-hydrogen) atoms. The number of likely N-dealkylation sites (N-methyl/N-ethyl adjacent to an activating group) is 1. The highest BCUT2D eigenvalue weighted by molar-refractivity contribution is 7.99. The molecule has 0 saturated heterocycles. The van der Waals surface area contributed by atoms with Crippen molar-refractivity contribution < 1.29 is 4.39 Å². The largest absolute Gasteiger partial charge is 0.319 e. The minimum absolute atomic E-state index is 0.158. The lowest BCUT2D eigenvalue weighted by molar-refractivity contribution is 0.605. The molecular weight excluding hydrogens is 221 g/mol. The minimum Gasteiger partial charge on any atom is -0.319 e. The topological polar surface area (TPSA) is 12.0 Å². The number of rotatable bonds is 7. The predicted molar refractivity (Wildman–Crippen MR) is 70.7 cm³/mol. The van der Waals surface area contributed by atoms with Crippen LogP contribution >= 0.6 is 11.8 Å². The molecule has 0 aromatic heterocycles. The van der Waals surface area contributed by atoms with E-state index >= 15 is 0 Å². The van der Waals surface area contributed by atoms with Crippen molar-refractivity contribution in [3.63, 3.8) is 0 Å². The second kappa shape index (κ2) is 7.69. The van der Waals surface area contributed by atoms with Crippen LogP contribution in [0.4, 0.5) is 4.39 Å². The molecule has 0 bridgehead atoms. The zero-order valence-corrected chi connectivity index (χ0v) is 10.8. The minimum atomic E-state index is -0.158. The van der Waals surface area contributed by atoms with E-state index in [-0.39, 0.29) is 5.82 Å². The SMILES string of the molecule is CCSCCC(CNC)c1ccc(F)cc1. The van der Waals surface area contributed by atoms with Crippen molar-refractivity contribution in [1.82, 2.24) is 5.32 Å². The standard InChI is InChI=1S/C13H20FNS/c1-3-16-9-8-12(10-15-2)11-4-6-13(14)7-5-11/h4-7,12,15H,3,8-10H2,1-2H3. The fourth-order valence-corrected chi connectivity index (χ4v) is 2.48. The Morgan fingerprint density at radius 3 is 2.56 bits per heavy atom. The summed E-state index contributed by atoms with van der Waals surface area (Å²) < 4.78 is 12.8. The average molecular weight is 241 g/mol. The first-order chi connectivity index (χ1) is 7.77. The number of hydrogen-bond acceptors (Lipinski definition) is 2. The van der Waals surface area contributed by atoms with Gasteiger partial charge in [-0.05, 0) is 48.6 Å². The van der Waals surface area contributed by atoms with Gasteiger partial charge >= 0.3 is 0 Å². The highest BCUT2D eigenvalue weighted by Gasteiger charge is 2.10. The Morgan fingerprint density at radius 1 is 1.31 bits per heavy atom. The molecule has 1 nitrogen and oxygen atoms in total. The molecule has 3 heteroatoms. The quantitative estimate of drug-likeness (QED) is 0.735. The maximum absolute atomic E-state index is 12.8. The molecule has 1 rings (SSSR count). The van der Waals surface area contributed by atoms with Crippen LogP contribution < -0.4 is 5.32 Å². The van der Waals surface area contributed by atoms with Gasteiger partial charge < -0.3 is 5.32 Å². The second-order valence-corrected chi connectivity index (χ2v) is 5.19. The number of benzene rings is 1. The fraction of sp³-hybridized carbons (Fsp3) is 0.538. The number of hydrogen-bond donors (Lipinski definition) is 1. The zero-order chi connectivity index (χ0) is 11.8. The Morgan fingerprint density at radius 2 is 2.00 bits per heavy atom. The third kappa shape index (κ3) is 4.54. The summed E-state index contributed by atoms with van der Waals surface area (Å²) in [4.78, 5) is 0. The summed E-state index contributed by atoms with van der Waals surface area (Å²) >= 11 is 1.96. The van der Waals surface area contributed by atoms with Crippen LogP contribution in [0.2, 0.25) is 0 Å². The molecule has 1 N–H and O–H groups in total. The van der Waals surface area contributed by atoms with Crippen molar-refractivity contribution in [2.75, 3.05) is 25.1 Å². The molecular formula is C13H20FNS. The summed E-state index contributed by atoms with van der Waals surface area (Å²) in [5.41, 5.74) is 1.23. The maximum atomic E-state index is 12.8.